The number of aromatic hydroxyl groups is 2. The van der Waals surface area contributed by atoms with Crippen LogP contribution in [-0.4, -0.2) is 27.1 Å². The van der Waals surface area contributed by atoms with Crippen LogP contribution in [0.15, 0.2) is 54.6 Å². The van der Waals surface area contributed by atoms with Crippen molar-refractivity contribution < 1.29 is 24.9 Å². The second kappa shape index (κ2) is 6.29. The normalized spacial score (nSPS) is 12.4. The Morgan fingerprint density at radius 1 is 0.889 bits per heavy atom. The van der Waals surface area contributed by atoms with Gasteiger partial charge in [-0.3, -0.25) is 4.79 Å². The van der Waals surface area contributed by atoms with Gasteiger partial charge < -0.3 is 15.3 Å². The van der Waals surface area contributed by atoms with E-state index in [-0.39, 0.29) is 34.0 Å². The minimum Gasteiger partial charge on any atom is -0.507 e. The molecular formula is C22H16O5. The fourth-order valence-corrected chi connectivity index (χ4v) is 3.53. The van der Waals surface area contributed by atoms with Crippen LogP contribution in [0.5, 0.6) is 11.5 Å². The lowest BCUT2D eigenvalue weighted by molar-refractivity contribution is 0.0696. The van der Waals surface area contributed by atoms with E-state index in [4.69, 9.17) is 5.11 Å². The molecule has 0 saturated carbocycles. The van der Waals surface area contributed by atoms with Gasteiger partial charge in [0.1, 0.15) is 11.5 Å². The highest BCUT2D eigenvalue weighted by Crippen LogP contribution is 2.38. The second-order valence-corrected chi connectivity index (χ2v) is 6.60. The van der Waals surface area contributed by atoms with Gasteiger partial charge in [-0.15, -0.1) is 0 Å². The van der Waals surface area contributed by atoms with Gasteiger partial charge in [0.05, 0.1) is 16.7 Å². The Kier molecular flexibility index (Phi) is 3.92. The first-order valence-electron chi connectivity index (χ1n) is 8.47. The van der Waals surface area contributed by atoms with Gasteiger partial charge in [0.15, 0.2) is 0 Å². The molecule has 0 aliphatic heterocycles. The zero-order valence-electron chi connectivity index (χ0n) is 14.3. The highest BCUT2D eigenvalue weighted by molar-refractivity contribution is 6.15. The molecule has 0 spiro atoms. The molecule has 5 nitrogen and oxygen atoms in total. The summed E-state index contributed by atoms with van der Waals surface area (Å²) in [6.45, 7) is 0. The number of aromatic carboxylic acids is 1. The summed E-state index contributed by atoms with van der Waals surface area (Å²) in [6, 6.07) is 14.9. The molecule has 134 valence electrons. The molecule has 0 radical (unpaired) electrons. The number of carbonyl (C=O) groups excluding carboxylic acids is 1. The summed E-state index contributed by atoms with van der Waals surface area (Å²) in [5.41, 5.74) is 3.51. The summed E-state index contributed by atoms with van der Waals surface area (Å²) in [7, 11) is 0. The van der Waals surface area contributed by atoms with Crippen molar-refractivity contribution >= 4 is 11.8 Å². The van der Waals surface area contributed by atoms with Crippen LogP contribution < -0.4 is 0 Å². The van der Waals surface area contributed by atoms with Gasteiger partial charge in [-0.1, -0.05) is 36.4 Å². The first-order valence-corrected chi connectivity index (χ1v) is 8.47. The highest BCUT2D eigenvalue weighted by atomic mass is 16.4. The molecule has 3 aromatic carbocycles. The first kappa shape index (κ1) is 16.8. The standard InChI is InChI=1S/C22H16O5/c23-17-3-1-2-14-11-15-8-9-16(20(24)19(15)21(25)18(14)17)10-12-4-6-13(7-5-12)22(26)27/h1-9,23-24H,10-11H2,(H,26,27). The van der Waals surface area contributed by atoms with Crippen molar-refractivity contribution in [1.82, 2.24) is 0 Å². The number of rotatable bonds is 3. The number of hydrogen-bond donors (Lipinski definition) is 3. The molecule has 3 N–H and O–H groups in total. The third-order valence-electron chi connectivity index (χ3n) is 4.91. The predicted octanol–water partition coefficient (Wildman–Crippen LogP) is 3.52. The number of hydrogen-bond acceptors (Lipinski definition) is 4. The summed E-state index contributed by atoms with van der Waals surface area (Å²) < 4.78 is 0. The predicted molar refractivity (Wildman–Crippen MR) is 98.7 cm³/mol. The fourth-order valence-electron chi connectivity index (χ4n) is 3.53. The van der Waals surface area contributed by atoms with Crippen LogP contribution in [0.3, 0.4) is 0 Å². The molecule has 0 atom stereocenters. The molecule has 3 aromatic rings. The van der Waals surface area contributed by atoms with Gasteiger partial charge in [-0.25, -0.2) is 4.79 Å². The van der Waals surface area contributed by atoms with Gasteiger partial charge in [0.2, 0.25) is 5.78 Å². The van der Waals surface area contributed by atoms with Crippen LogP contribution in [0, 0.1) is 0 Å². The third-order valence-corrected chi connectivity index (χ3v) is 4.91. The van der Waals surface area contributed by atoms with Crippen LogP contribution in [-0.2, 0) is 12.8 Å². The molecule has 0 saturated heterocycles. The van der Waals surface area contributed by atoms with Gasteiger partial charge in [0, 0.05) is 6.42 Å². The molecule has 0 aromatic heterocycles. The number of fused-ring (bicyclic) bond motifs is 2. The maximum Gasteiger partial charge on any atom is 0.335 e. The Balaban J connectivity index is 1.71. The van der Waals surface area contributed by atoms with E-state index in [0.717, 1.165) is 16.7 Å². The fraction of sp³-hybridized carbons (Fsp3) is 0.0909. The van der Waals surface area contributed by atoms with Crippen molar-refractivity contribution in [2.24, 2.45) is 0 Å². The topological polar surface area (TPSA) is 94.8 Å². The molecule has 0 bridgehead atoms. The quantitative estimate of drug-likeness (QED) is 0.520. The minimum absolute atomic E-state index is 0.0859. The Hall–Kier alpha value is -3.60. The Morgan fingerprint density at radius 2 is 1.59 bits per heavy atom. The maximum absolute atomic E-state index is 12.9. The van der Waals surface area contributed by atoms with Gasteiger partial charge in [0.25, 0.3) is 0 Å². The second-order valence-electron chi connectivity index (χ2n) is 6.60. The molecule has 27 heavy (non-hydrogen) atoms. The molecule has 0 amide bonds. The van der Waals surface area contributed by atoms with E-state index in [0.29, 0.717) is 18.4 Å². The number of phenols is 2. The zero-order valence-corrected chi connectivity index (χ0v) is 14.3. The molecule has 0 heterocycles. The summed E-state index contributed by atoms with van der Waals surface area (Å²) >= 11 is 0. The number of phenolic OH excluding ortho intramolecular Hbond substituents is 2. The molecular weight excluding hydrogens is 344 g/mol. The van der Waals surface area contributed by atoms with E-state index < -0.39 is 5.97 Å². The van der Waals surface area contributed by atoms with E-state index in [1.165, 1.54) is 18.2 Å². The minimum atomic E-state index is -0.998. The lowest BCUT2D eigenvalue weighted by atomic mass is 9.82. The maximum atomic E-state index is 12.9. The third kappa shape index (κ3) is 2.83. The number of ketones is 1. The van der Waals surface area contributed by atoms with Crippen LogP contribution >= 0.6 is 0 Å². The molecule has 1 aliphatic rings. The van der Waals surface area contributed by atoms with Crippen molar-refractivity contribution in [2.75, 3.05) is 0 Å². The van der Waals surface area contributed by atoms with E-state index in [1.54, 1.807) is 30.3 Å². The Bertz CT molecular complexity index is 1080. The summed E-state index contributed by atoms with van der Waals surface area (Å²) in [6.07, 6.45) is 0.825. The SMILES string of the molecule is O=C(O)c1ccc(Cc2ccc3c(c2O)C(=O)c2c(O)cccc2C3)cc1. The smallest absolute Gasteiger partial charge is 0.335 e. The summed E-state index contributed by atoms with van der Waals surface area (Å²) in [5.74, 6) is -1.56. The van der Waals surface area contributed by atoms with Gasteiger partial charge >= 0.3 is 5.97 Å². The Morgan fingerprint density at radius 3 is 2.30 bits per heavy atom. The van der Waals surface area contributed by atoms with Crippen molar-refractivity contribution in [3.8, 4) is 11.5 Å². The van der Waals surface area contributed by atoms with E-state index in [2.05, 4.69) is 0 Å². The molecule has 5 heteroatoms. The van der Waals surface area contributed by atoms with Crippen LogP contribution in [0.2, 0.25) is 0 Å². The molecule has 0 fully saturated rings. The van der Waals surface area contributed by atoms with Crippen LogP contribution in [0.4, 0.5) is 0 Å². The lowest BCUT2D eigenvalue weighted by Crippen LogP contribution is -2.16. The number of carboxylic acid groups (broad SMARTS) is 1. The number of carbonyl (C=O) groups is 2. The van der Waals surface area contributed by atoms with E-state index in [1.807, 2.05) is 6.07 Å². The van der Waals surface area contributed by atoms with Crippen LogP contribution in [0.1, 0.15) is 48.5 Å². The molecule has 0 unspecified atom stereocenters. The summed E-state index contributed by atoms with van der Waals surface area (Å²) in [4.78, 5) is 23.8. The monoisotopic (exact) mass is 360 g/mol. The van der Waals surface area contributed by atoms with Gasteiger partial charge in [-0.05, 0) is 46.9 Å². The van der Waals surface area contributed by atoms with E-state index >= 15 is 0 Å². The molecule has 1 aliphatic carbocycles. The number of carboxylic acids is 1. The average molecular weight is 360 g/mol. The largest absolute Gasteiger partial charge is 0.507 e. The average Bonchev–Trinajstić information content (AvgIpc) is 2.64. The zero-order chi connectivity index (χ0) is 19.1. The van der Waals surface area contributed by atoms with Crippen LogP contribution in [0.25, 0.3) is 0 Å². The molecule has 4 rings (SSSR count). The van der Waals surface area contributed by atoms with Crippen molar-refractivity contribution in [3.05, 3.63) is 93.5 Å². The number of benzene rings is 3. The highest BCUT2D eigenvalue weighted by Gasteiger charge is 2.29. The first-order chi connectivity index (χ1) is 13.0. The van der Waals surface area contributed by atoms with Crippen molar-refractivity contribution in [3.63, 3.8) is 0 Å². The Labute approximate surface area is 155 Å². The van der Waals surface area contributed by atoms with Gasteiger partial charge in [-0.2, -0.15) is 0 Å². The van der Waals surface area contributed by atoms with E-state index in [9.17, 15) is 19.8 Å². The summed E-state index contributed by atoms with van der Waals surface area (Å²) in [5, 5.41) is 29.8. The lowest BCUT2D eigenvalue weighted by Gasteiger charge is -2.21. The van der Waals surface area contributed by atoms with Crippen molar-refractivity contribution in [1.29, 1.82) is 0 Å². The van der Waals surface area contributed by atoms with Crippen molar-refractivity contribution in [2.45, 2.75) is 12.8 Å².